The molecular formula is C19H36O2. The monoisotopic (exact) mass is 296 g/mol. The number of hydrogen-bond acceptors (Lipinski definition) is 2. The van der Waals surface area contributed by atoms with Crippen LogP contribution in [-0.4, -0.2) is 25.9 Å². The summed E-state index contributed by atoms with van der Waals surface area (Å²) in [5, 5.41) is 0. The van der Waals surface area contributed by atoms with Crippen LogP contribution in [0.5, 0.6) is 0 Å². The van der Waals surface area contributed by atoms with Crippen molar-refractivity contribution in [3.63, 3.8) is 0 Å². The van der Waals surface area contributed by atoms with Crippen molar-refractivity contribution in [1.82, 2.24) is 0 Å². The minimum absolute atomic E-state index is 0.489. The molecular weight excluding hydrogens is 260 g/mol. The van der Waals surface area contributed by atoms with Gasteiger partial charge in [-0.25, -0.2) is 0 Å². The number of ether oxygens (including phenoxy) is 2. The van der Waals surface area contributed by atoms with Crippen molar-refractivity contribution < 1.29 is 9.47 Å². The van der Waals surface area contributed by atoms with Crippen LogP contribution in [0.3, 0.4) is 0 Å². The zero-order valence-corrected chi connectivity index (χ0v) is 14.6. The molecule has 2 nitrogen and oxygen atoms in total. The molecule has 0 N–H and O–H groups in total. The van der Waals surface area contributed by atoms with Crippen LogP contribution < -0.4 is 0 Å². The molecule has 21 heavy (non-hydrogen) atoms. The van der Waals surface area contributed by atoms with Gasteiger partial charge in [0, 0.05) is 13.7 Å². The van der Waals surface area contributed by atoms with E-state index in [0.29, 0.717) is 12.2 Å². The van der Waals surface area contributed by atoms with Gasteiger partial charge in [-0.15, -0.1) is 0 Å². The molecule has 0 aromatic carbocycles. The maximum Gasteiger partial charge on any atom is 0.0605 e. The zero-order chi connectivity index (χ0) is 15.2. The average molecular weight is 296 g/mol. The standard InChI is InChI=1S/C19H36O2/c1-14(2)16-9-7-11-19(16)21-13-12-15(3)17-8-5-6-10-18(17)20-4/h14-19H,5-13H2,1-4H3. The topological polar surface area (TPSA) is 18.5 Å². The molecule has 5 atom stereocenters. The van der Waals surface area contributed by atoms with E-state index in [1.807, 2.05) is 7.11 Å². The van der Waals surface area contributed by atoms with Gasteiger partial charge in [-0.2, -0.15) is 0 Å². The summed E-state index contributed by atoms with van der Waals surface area (Å²) in [6.07, 6.45) is 11.5. The van der Waals surface area contributed by atoms with Crippen molar-refractivity contribution in [2.24, 2.45) is 23.7 Å². The first-order chi connectivity index (χ1) is 10.1. The Hall–Kier alpha value is -0.0800. The average Bonchev–Trinajstić information content (AvgIpc) is 2.95. The van der Waals surface area contributed by atoms with Gasteiger partial charge in [-0.05, 0) is 55.8 Å². The van der Waals surface area contributed by atoms with Crippen molar-refractivity contribution in [3.8, 4) is 0 Å². The summed E-state index contributed by atoms with van der Waals surface area (Å²) in [5.74, 6) is 3.04. The Balaban J connectivity index is 1.72. The molecule has 0 radical (unpaired) electrons. The van der Waals surface area contributed by atoms with E-state index in [4.69, 9.17) is 9.47 Å². The summed E-state index contributed by atoms with van der Waals surface area (Å²) in [6, 6.07) is 0. The van der Waals surface area contributed by atoms with Crippen molar-refractivity contribution >= 4 is 0 Å². The van der Waals surface area contributed by atoms with E-state index in [1.54, 1.807) is 0 Å². The fourth-order valence-electron chi connectivity index (χ4n) is 4.61. The first kappa shape index (κ1) is 17.3. The first-order valence-electron chi connectivity index (χ1n) is 9.27. The minimum Gasteiger partial charge on any atom is -0.381 e. The maximum atomic E-state index is 6.27. The summed E-state index contributed by atoms with van der Waals surface area (Å²) in [7, 11) is 1.89. The van der Waals surface area contributed by atoms with Gasteiger partial charge >= 0.3 is 0 Å². The van der Waals surface area contributed by atoms with E-state index >= 15 is 0 Å². The van der Waals surface area contributed by atoms with E-state index in [1.165, 1.54) is 51.4 Å². The summed E-state index contributed by atoms with van der Waals surface area (Å²) in [5.41, 5.74) is 0. The highest BCUT2D eigenvalue weighted by molar-refractivity contribution is 4.82. The fourth-order valence-corrected chi connectivity index (χ4v) is 4.61. The van der Waals surface area contributed by atoms with Crippen LogP contribution in [0.4, 0.5) is 0 Å². The number of hydrogen-bond donors (Lipinski definition) is 0. The van der Waals surface area contributed by atoms with Crippen LogP contribution in [0.2, 0.25) is 0 Å². The molecule has 0 spiro atoms. The third-order valence-corrected chi connectivity index (χ3v) is 6.05. The highest BCUT2D eigenvalue weighted by atomic mass is 16.5. The minimum atomic E-state index is 0.489. The molecule has 2 aliphatic rings. The van der Waals surface area contributed by atoms with E-state index in [9.17, 15) is 0 Å². The predicted octanol–water partition coefficient (Wildman–Crippen LogP) is 5.06. The van der Waals surface area contributed by atoms with Crippen molar-refractivity contribution in [2.45, 2.75) is 84.3 Å². The highest BCUT2D eigenvalue weighted by Gasteiger charge is 2.32. The van der Waals surface area contributed by atoms with Crippen molar-refractivity contribution in [2.75, 3.05) is 13.7 Å². The maximum absolute atomic E-state index is 6.27. The predicted molar refractivity (Wildman–Crippen MR) is 88.5 cm³/mol. The summed E-state index contributed by atoms with van der Waals surface area (Å²) in [4.78, 5) is 0. The lowest BCUT2D eigenvalue weighted by molar-refractivity contribution is -0.0212. The number of rotatable bonds is 7. The Kier molecular flexibility index (Phi) is 7.01. The van der Waals surface area contributed by atoms with Gasteiger partial charge in [-0.3, -0.25) is 0 Å². The molecule has 5 unspecified atom stereocenters. The summed E-state index contributed by atoms with van der Waals surface area (Å²) < 4.78 is 12.0. The van der Waals surface area contributed by atoms with E-state index < -0.39 is 0 Å². The Labute approximate surface area is 132 Å². The quantitative estimate of drug-likeness (QED) is 0.654. The lowest BCUT2D eigenvalue weighted by Crippen LogP contribution is -2.32. The molecule has 2 rings (SSSR count). The largest absolute Gasteiger partial charge is 0.381 e. The smallest absolute Gasteiger partial charge is 0.0605 e. The van der Waals surface area contributed by atoms with Gasteiger partial charge in [-0.1, -0.05) is 40.0 Å². The van der Waals surface area contributed by atoms with E-state index in [-0.39, 0.29) is 0 Å². The van der Waals surface area contributed by atoms with Gasteiger partial charge in [0.1, 0.15) is 0 Å². The van der Waals surface area contributed by atoms with E-state index in [0.717, 1.165) is 30.3 Å². The van der Waals surface area contributed by atoms with Gasteiger partial charge in [0.25, 0.3) is 0 Å². The molecule has 0 aromatic rings. The lowest BCUT2D eigenvalue weighted by Gasteiger charge is -2.35. The molecule has 0 bridgehead atoms. The third kappa shape index (κ3) is 4.69. The second kappa shape index (κ2) is 8.53. The van der Waals surface area contributed by atoms with Gasteiger partial charge in [0.2, 0.25) is 0 Å². The second-order valence-corrected chi connectivity index (χ2v) is 7.74. The molecule has 0 aliphatic heterocycles. The molecule has 2 fully saturated rings. The Bertz CT molecular complexity index is 289. The van der Waals surface area contributed by atoms with Gasteiger partial charge in [0.05, 0.1) is 12.2 Å². The first-order valence-corrected chi connectivity index (χ1v) is 9.27. The van der Waals surface area contributed by atoms with Gasteiger partial charge in [0.15, 0.2) is 0 Å². The fraction of sp³-hybridized carbons (Fsp3) is 1.00. The Morgan fingerprint density at radius 3 is 2.24 bits per heavy atom. The Morgan fingerprint density at radius 1 is 0.857 bits per heavy atom. The molecule has 124 valence electrons. The molecule has 0 saturated heterocycles. The number of methoxy groups -OCH3 is 1. The van der Waals surface area contributed by atoms with Crippen LogP contribution in [-0.2, 0) is 9.47 Å². The summed E-state index contributed by atoms with van der Waals surface area (Å²) >= 11 is 0. The van der Waals surface area contributed by atoms with Crippen LogP contribution in [0.25, 0.3) is 0 Å². The van der Waals surface area contributed by atoms with Crippen LogP contribution in [0, 0.1) is 23.7 Å². The van der Waals surface area contributed by atoms with Crippen LogP contribution >= 0.6 is 0 Å². The SMILES string of the molecule is COC1CCCCC1C(C)CCOC1CCCC1C(C)C. The molecule has 2 heteroatoms. The lowest BCUT2D eigenvalue weighted by atomic mass is 9.77. The molecule has 0 aromatic heterocycles. The highest BCUT2D eigenvalue weighted by Crippen LogP contribution is 2.36. The van der Waals surface area contributed by atoms with E-state index in [2.05, 4.69) is 20.8 Å². The second-order valence-electron chi connectivity index (χ2n) is 7.74. The zero-order valence-electron chi connectivity index (χ0n) is 14.6. The van der Waals surface area contributed by atoms with Crippen LogP contribution in [0.15, 0.2) is 0 Å². The molecule has 0 amide bonds. The van der Waals surface area contributed by atoms with Gasteiger partial charge < -0.3 is 9.47 Å². The van der Waals surface area contributed by atoms with Crippen molar-refractivity contribution in [1.29, 1.82) is 0 Å². The molecule has 2 aliphatic carbocycles. The van der Waals surface area contributed by atoms with Crippen LogP contribution in [0.1, 0.15) is 72.1 Å². The normalized spacial score (nSPS) is 35.3. The molecule has 2 saturated carbocycles. The summed E-state index contributed by atoms with van der Waals surface area (Å²) in [6.45, 7) is 8.04. The molecule has 0 heterocycles. The Morgan fingerprint density at radius 2 is 1.52 bits per heavy atom. The third-order valence-electron chi connectivity index (χ3n) is 6.05. The van der Waals surface area contributed by atoms with Crippen molar-refractivity contribution in [3.05, 3.63) is 0 Å².